The summed E-state index contributed by atoms with van der Waals surface area (Å²) in [5.41, 5.74) is 7.28. The number of aliphatic hydroxyl groups excluding tert-OH is 1. The minimum atomic E-state index is -1.96. The minimum absolute atomic E-state index is 0.0624. The average molecular weight is 481 g/mol. The van der Waals surface area contributed by atoms with E-state index in [1.165, 1.54) is 41.4 Å². The molecule has 1 fully saturated rings. The fourth-order valence-electron chi connectivity index (χ4n) is 3.40. The van der Waals surface area contributed by atoms with E-state index in [0.717, 1.165) is 4.57 Å². The van der Waals surface area contributed by atoms with Gasteiger partial charge in [0.2, 0.25) is 5.91 Å². The van der Waals surface area contributed by atoms with E-state index < -0.39 is 40.6 Å². The standard InChI is InChI=1S/C20H25FN6O5S/c21-14-6-2-1-5-13(14)12-33(31)32-25-16-8-3-9-26(18(16)29)11-17(28)24-15-7-4-10-27(19(15)30)20(22)23/h1-3,5-6,8-9,15,19,25,30H,4,7,10-12H2,(H3,22,23)(H,24,28). The first-order chi connectivity index (χ1) is 15.8. The van der Waals surface area contributed by atoms with Gasteiger partial charge >= 0.3 is 0 Å². The highest BCUT2D eigenvalue weighted by molar-refractivity contribution is 7.79. The van der Waals surface area contributed by atoms with Gasteiger partial charge < -0.3 is 25.6 Å². The molecule has 1 amide bonds. The summed E-state index contributed by atoms with van der Waals surface area (Å²) < 4.78 is 31.8. The summed E-state index contributed by atoms with van der Waals surface area (Å²) in [5, 5.41) is 20.4. The van der Waals surface area contributed by atoms with E-state index in [-0.39, 0.29) is 29.5 Å². The number of aromatic nitrogens is 1. The smallest absolute Gasteiger partial charge is 0.276 e. The third-order valence-electron chi connectivity index (χ3n) is 5.06. The number of guanidine groups is 1. The molecule has 33 heavy (non-hydrogen) atoms. The molecule has 11 nitrogen and oxygen atoms in total. The lowest BCUT2D eigenvalue weighted by molar-refractivity contribution is -0.125. The Labute approximate surface area is 191 Å². The maximum atomic E-state index is 13.7. The monoisotopic (exact) mass is 480 g/mol. The van der Waals surface area contributed by atoms with Crippen LogP contribution in [0.3, 0.4) is 0 Å². The lowest BCUT2D eigenvalue weighted by atomic mass is 10.0. The van der Waals surface area contributed by atoms with Crippen LogP contribution in [-0.4, -0.2) is 49.5 Å². The first-order valence-electron chi connectivity index (χ1n) is 10.1. The molecule has 0 spiro atoms. The lowest BCUT2D eigenvalue weighted by Gasteiger charge is -2.38. The van der Waals surface area contributed by atoms with Crippen LogP contribution in [-0.2, 0) is 32.5 Å². The second kappa shape index (κ2) is 11.0. The molecule has 3 atom stereocenters. The Bertz CT molecular complexity index is 1100. The maximum Gasteiger partial charge on any atom is 0.276 e. The minimum Gasteiger partial charge on any atom is -0.371 e. The predicted molar refractivity (Wildman–Crippen MR) is 119 cm³/mol. The highest BCUT2D eigenvalue weighted by atomic mass is 32.2. The number of amides is 1. The number of nitrogens with one attached hydrogen (secondary N) is 3. The number of nitrogens with zero attached hydrogens (tertiary/aromatic N) is 2. The van der Waals surface area contributed by atoms with Crippen molar-refractivity contribution in [1.82, 2.24) is 14.8 Å². The fourth-order valence-corrected chi connectivity index (χ4v) is 4.13. The van der Waals surface area contributed by atoms with Crippen LogP contribution in [0.1, 0.15) is 18.4 Å². The molecule has 1 saturated heterocycles. The predicted octanol–water partition coefficient (Wildman–Crippen LogP) is -0.0127. The SMILES string of the molecule is N=C(N)N1CCCC(NC(=O)Cn2cccc(NOS(=O)Cc3ccccc3F)c2=O)C1O. The van der Waals surface area contributed by atoms with Crippen molar-refractivity contribution in [2.45, 2.75) is 37.4 Å². The molecule has 3 unspecified atom stereocenters. The molecule has 2 heterocycles. The van der Waals surface area contributed by atoms with Crippen molar-refractivity contribution in [1.29, 1.82) is 5.41 Å². The van der Waals surface area contributed by atoms with Crippen LogP contribution in [0.25, 0.3) is 0 Å². The van der Waals surface area contributed by atoms with Gasteiger partial charge in [0.05, 0.1) is 11.8 Å². The van der Waals surface area contributed by atoms with Gasteiger partial charge in [0.25, 0.3) is 5.56 Å². The van der Waals surface area contributed by atoms with Crippen LogP contribution < -0.4 is 22.1 Å². The Morgan fingerprint density at radius 1 is 1.33 bits per heavy atom. The molecule has 1 aliphatic heterocycles. The summed E-state index contributed by atoms with van der Waals surface area (Å²) in [4.78, 5) is 26.3. The van der Waals surface area contributed by atoms with Gasteiger partial charge in [-0.05, 0) is 31.0 Å². The largest absolute Gasteiger partial charge is 0.371 e. The summed E-state index contributed by atoms with van der Waals surface area (Å²) in [6.07, 6.45) is 1.38. The number of carbonyl (C=O) groups is 1. The van der Waals surface area contributed by atoms with Crippen molar-refractivity contribution in [3.63, 3.8) is 0 Å². The van der Waals surface area contributed by atoms with Gasteiger partial charge in [0.15, 0.2) is 17.0 Å². The van der Waals surface area contributed by atoms with Crippen LogP contribution in [0.5, 0.6) is 0 Å². The number of hydrogen-bond acceptors (Lipinski definition) is 7. The molecule has 2 aromatic rings. The molecular weight excluding hydrogens is 455 g/mol. The number of nitrogens with two attached hydrogens (primary N) is 1. The molecule has 13 heteroatoms. The molecular formula is C20H25FN6O5S. The molecule has 0 bridgehead atoms. The van der Waals surface area contributed by atoms with Gasteiger partial charge in [0.1, 0.15) is 24.3 Å². The molecule has 1 aromatic carbocycles. The Morgan fingerprint density at radius 2 is 2.09 bits per heavy atom. The first-order valence-corrected chi connectivity index (χ1v) is 11.3. The number of hydrogen-bond donors (Lipinski definition) is 5. The molecule has 6 N–H and O–H groups in total. The number of carbonyl (C=O) groups excluding carboxylic acids is 1. The Balaban J connectivity index is 1.57. The number of halogens is 1. The molecule has 1 aromatic heterocycles. The number of benzene rings is 1. The van der Waals surface area contributed by atoms with Crippen molar-refractivity contribution in [2.24, 2.45) is 5.73 Å². The molecule has 3 rings (SSSR count). The third kappa shape index (κ3) is 6.37. The van der Waals surface area contributed by atoms with E-state index in [1.807, 2.05) is 0 Å². The van der Waals surface area contributed by atoms with Crippen LogP contribution in [0, 0.1) is 11.2 Å². The van der Waals surface area contributed by atoms with E-state index in [9.17, 15) is 23.3 Å². The lowest BCUT2D eigenvalue weighted by Crippen LogP contribution is -2.58. The molecule has 0 saturated carbocycles. The van der Waals surface area contributed by atoms with Gasteiger partial charge in [-0.2, -0.15) is 4.28 Å². The Kier molecular flexibility index (Phi) is 8.14. The summed E-state index contributed by atoms with van der Waals surface area (Å²) in [6.45, 7) is 0.0737. The van der Waals surface area contributed by atoms with E-state index in [0.29, 0.717) is 19.4 Å². The van der Waals surface area contributed by atoms with Gasteiger partial charge in [0, 0.05) is 18.3 Å². The number of aliphatic hydroxyl groups is 1. The Morgan fingerprint density at radius 3 is 2.82 bits per heavy atom. The quantitative estimate of drug-likeness (QED) is 0.200. The third-order valence-corrected chi connectivity index (χ3v) is 5.87. The number of rotatable bonds is 8. The second-order valence-corrected chi connectivity index (χ2v) is 8.45. The molecule has 0 aliphatic carbocycles. The van der Waals surface area contributed by atoms with E-state index in [2.05, 4.69) is 10.8 Å². The van der Waals surface area contributed by atoms with Crippen molar-refractivity contribution >= 4 is 28.6 Å². The summed E-state index contributed by atoms with van der Waals surface area (Å²) in [7, 11) is 0. The van der Waals surface area contributed by atoms with Crippen LogP contribution >= 0.6 is 0 Å². The van der Waals surface area contributed by atoms with Crippen LogP contribution in [0.2, 0.25) is 0 Å². The van der Waals surface area contributed by atoms with Crippen molar-refractivity contribution < 1.29 is 22.8 Å². The fraction of sp³-hybridized carbons (Fsp3) is 0.350. The van der Waals surface area contributed by atoms with Crippen LogP contribution in [0.4, 0.5) is 10.1 Å². The maximum absolute atomic E-state index is 13.7. The molecule has 178 valence electrons. The van der Waals surface area contributed by atoms with E-state index >= 15 is 0 Å². The molecule has 1 aliphatic rings. The zero-order valence-corrected chi connectivity index (χ0v) is 18.4. The number of likely N-dealkylation sites (tertiary alicyclic amines) is 1. The average Bonchev–Trinajstić information content (AvgIpc) is 2.77. The molecule has 0 radical (unpaired) electrons. The Hall–Kier alpha value is -3.29. The topological polar surface area (TPSA) is 163 Å². The number of pyridine rings is 1. The normalized spacial score (nSPS) is 19.0. The van der Waals surface area contributed by atoms with Crippen LogP contribution in [0.15, 0.2) is 47.4 Å². The summed E-state index contributed by atoms with van der Waals surface area (Å²) in [6, 6.07) is 8.07. The zero-order valence-electron chi connectivity index (χ0n) is 17.6. The highest BCUT2D eigenvalue weighted by Crippen LogP contribution is 2.15. The highest BCUT2D eigenvalue weighted by Gasteiger charge is 2.31. The van der Waals surface area contributed by atoms with Gasteiger partial charge in [-0.1, -0.05) is 18.2 Å². The van der Waals surface area contributed by atoms with Crippen molar-refractivity contribution in [2.75, 3.05) is 12.0 Å². The number of piperidine rings is 1. The van der Waals surface area contributed by atoms with Gasteiger partial charge in [-0.15, -0.1) is 0 Å². The van der Waals surface area contributed by atoms with E-state index in [1.54, 1.807) is 6.07 Å². The van der Waals surface area contributed by atoms with Crippen molar-refractivity contribution in [3.05, 3.63) is 64.3 Å². The van der Waals surface area contributed by atoms with Gasteiger partial charge in [-0.3, -0.25) is 15.0 Å². The first kappa shape index (κ1) is 24.4. The zero-order chi connectivity index (χ0) is 24.0. The second-order valence-electron chi connectivity index (χ2n) is 7.39. The number of anilines is 1. The van der Waals surface area contributed by atoms with E-state index in [4.69, 9.17) is 15.4 Å². The summed E-state index contributed by atoms with van der Waals surface area (Å²) >= 11 is -1.96. The van der Waals surface area contributed by atoms with Crippen molar-refractivity contribution in [3.8, 4) is 0 Å². The van der Waals surface area contributed by atoms with Gasteiger partial charge in [-0.25, -0.2) is 14.1 Å². The summed E-state index contributed by atoms with van der Waals surface area (Å²) in [5.74, 6) is -1.54.